The van der Waals surface area contributed by atoms with Crippen LogP contribution in [0.1, 0.15) is 21.8 Å². The van der Waals surface area contributed by atoms with Crippen molar-refractivity contribution in [3.8, 4) is 5.75 Å². The summed E-state index contributed by atoms with van der Waals surface area (Å²) in [6.07, 6.45) is 0. The minimum Gasteiger partial charge on any atom is -0.493 e. The highest BCUT2D eigenvalue weighted by Gasteiger charge is 2.41. The largest absolute Gasteiger partial charge is 0.493 e. The van der Waals surface area contributed by atoms with E-state index in [0.717, 1.165) is 24.8 Å². The van der Waals surface area contributed by atoms with Crippen LogP contribution in [0.5, 0.6) is 5.75 Å². The number of rotatable bonds is 4. The van der Waals surface area contributed by atoms with Gasteiger partial charge >= 0.3 is 5.97 Å². The number of carboxylic acid groups (broad SMARTS) is 1. The summed E-state index contributed by atoms with van der Waals surface area (Å²) in [6, 6.07) is 10.7. The standard InChI is InChI=1S/C19H17F2NO4/c1-26-17-15(21)8-7-14(20)16(17)18(23)22-9-12(13(10-22)19(24)25)11-5-3-2-4-6-11/h2-8,12-13H,9-10H2,1H3,(H,24,25)/t12-,13-/m0/s1. The van der Waals surface area contributed by atoms with Crippen molar-refractivity contribution in [3.05, 3.63) is 65.2 Å². The van der Waals surface area contributed by atoms with E-state index in [1.165, 1.54) is 4.90 Å². The van der Waals surface area contributed by atoms with Crippen LogP contribution in [0.3, 0.4) is 0 Å². The van der Waals surface area contributed by atoms with Gasteiger partial charge in [-0.15, -0.1) is 0 Å². The second kappa shape index (κ2) is 7.11. The predicted octanol–water partition coefficient (Wildman–Crippen LogP) is 2.91. The first-order valence-electron chi connectivity index (χ1n) is 8.03. The third-order valence-electron chi connectivity index (χ3n) is 4.63. The van der Waals surface area contributed by atoms with Gasteiger partial charge in [0.15, 0.2) is 11.6 Å². The van der Waals surface area contributed by atoms with Crippen molar-refractivity contribution >= 4 is 11.9 Å². The van der Waals surface area contributed by atoms with E-state index in [1.807, 2.05) is 6.07 Å². The Kier molecular flexibility index (Phi) is 4.88. The van der Waals surface area contributed by atoms with Crippen molar-refractivity contribution < 1.29 is 28.2 Å². The van der Waals surface area contributed by atoms with Gasteiger partial charge in [0.25, 0.3) is 5.91 Å². The Morgan fingerprint density at radius 1 is 1.08 bits per heavy atom. The van der Waals surface area contributed by atoms with Crippen molar-refractivity contribution in [1.29, 1.82) is 0 Å². The van der Waals surface area contributed by atoms with E-state index < -0.39 is 46.7 Å². The molecule has 7 heteroatoms. The molecule has 0 spiro atoms. The molecule has 1 fully saturated rings. The fraction of sp³-hybridized carbons (Fsp3) is 0.263. The Hall–Kier alpha value is -2.96. The lowest BCUT2D eigenvalue weighted by molar-refractivity contribution is -0.141. The summed E-state index contributed by atoms with van der Waals surface area (Å²) < 4.78 is 32.9. The summed E-state index contributed by atoms with van der Waals surface area (Å²) in [4.78, 5) is 25.7. The smallest absolute Gasteiger partial charge is 0.308 e. The van der Waals surface area contributed by atoms with Crippen LogP contribution in [-0.4, -0.2) is 42.1 Å². The Labute approximate surface area is 148 Å². The molecular weight excluding hydrogens is 344 g/mol. The Morgan fingerprint density at radius 2 is 1.73 bits per heavy atom. The number of aliphatic carboxylic acids is 1. The lowest BCUT2D eigenvalue weighted by atomic mass is 9.89. The second-order valence-corrected chi connectivity index (χ2v) is 6.11. The average Bonchev–Trinajstić information content (AvgIpc) is 3.09. The fourth-order valence-corrected chi connectivity index (χ4v) is 3.35. The summed E-state index contributed by atoms with van der Waals surface area (Å²) in [5.74, 6) is -5.34. The molecule has 5 nitrogen and oxygen atoms in total. The lowest BCUT2D eigenvalue weighted by Crippen LogP contribution is -2.31. The van der Waals surface area contributed by atoms with E-state index >= 15 is 0 Å². The van der Waals surface area contributed by atoms with E-state index in [1.54, 1.807) is 24.3 Å². The average molecular weight is 361 g/mol. The Balaban J connectivity index is 1.95. The minimum absolute atomic E-state index is 0.0904. The Bertz CT molecular complexity index is 841. The van der Waals surface area contributed by atoms with E-state index in [0.29, 0.717) is 0 Å². The molecule has 1 amide bonds. The van der Waals surface area contributed by atoms with Crippen LogP contribution in [-0.2, 0) is 4.79 Å². The second-order valence-electron chi connectivity index (χ2n) is 6.11. The number of halogens is 2. The maximum absolute atomic E-state index is 14.2. The van der Waals surface area contributed by atoms with Crippen LogP contribution >= 0.6 is 0 Å². The van der Waals surface area contributed by atoms with Gasteiger partial charge in [-0.25, -0.2) is 8.78 Å². The van der Waals surface area contributed by atoms with Crippen molar-refractivity contribution in [3.63, 3.8) is 0 Å². The van der Waals surface area contributed by atoms with Gasteiger partial charge in [-0.1, -0.05) is 30.3 Å². The molecule has 0 radical (unpaired) electrons. The van der Waals surface area contributed by atoms with Gasteiger partial charge in [-0.05, 0) is 17.7 Å². The zero-order valence-corrected chi connectivity index (χ0v) is 14.0. The van der Waals surface area contributed by atoms with Gasteiger partial charge in [-0.3, -0.25) is 9.59 Å². The molecule has 2 atom stereocenters. The maximum Gasteiger partial charge on any atom is 0.308 e. The first-order chi connectivity index (χ1) is 12.4. The minimum atomic E-state index is -1.04. The van der Waals surface area contributed by atoms with Crippen LogP contribution in [0.25, 0.3) is 0 Å². The zero-order valence-electron chi connectivity index (χ0n) is 14.0. The predicted molar refractivity (Wildman–Crippen MR) is 89.1 cm³/mol. The highest BCUT2D eigenvalue weighted by atomic mass is 19.1. The number of likely N-dealkylation sites (tertiary alicyclic amines) is 1. The van der Waals surface area contributed by atoms with Crippen LogP contribution in [0, 0.1) is 17.6 Å². The number of benzene rings is 2. The van der Waals surface area contributed by atoms with Gasteiger partial charge in [0, 0.05) is 19.0 Å². The number of methoxy groups -OCH3 is 1. The highest BCUT2D eigenvalue weighted by Crippen LogP contribution is 2.35. The van der Waals surface area contributed by atoms with Gasteiger partial charge in [0.2, 0.25) is 0 Å². The fourth-order valence-electron chi connectivity index (χ4n) is 3.35. The maximum atomic E-state index is 14.2. The SMILES string of the molecule is COc1c(F)ccc(F)c1C(=O)N1C[C@H](C(=O)O)[C@H](c2ccccc2)C1. The van der Waals surface area contributed by atoms with E-state index in [9.17, 15) is 23.5 Å². The molecule has 1 heterocycles. The molecular formula is C19H17F2NO4. The molecule has 0 aliphatic carbocycles. The van der Waals surface area contributed by atoms with E-state index in [2.05, 4.69) is 0 Å². The summed E-state index contributed by atoms with van der Waals surface area (Å²) in [5.41, 5.74) is 0.257. The number of amides is 1. The third kappa shape index (κ3) is 3.12. The van der Waals surface area contributed by atoms with Gasteiger partial charge in [0.05, 0.1) is 13.0 Å². The normalized spacial score (nSPS) is 19.4. The lowest BCUT2D eigenvalue weighted by Gasteiger charge is -2.19. The van der Waals surface area contributed by atoms with Crippen molar-refractivity contribution in [2.75, 3.05) is 20.2 Å². The number of ether oxygens (including phenoxy) is 1. The zero-order chi connectivity index (χ0) is 18.8. The van der Waals surface area contributed by atoms with Crippen molar-refractivity contribution in [2.45, 2.75) is 5.92 Å². The summed E-state index contributed by atoms with van der Waals surface area (Å²) >= 11 is 0. The Morgan fingerprint density at radius 3 is 2.35 bits per heavy atom. The number of hydrogen-bond donors (Lipinski definition) is 1. The summed E-state index contributed by atoms with van der Waals surface area (Å²) in [7, 11) is 1.14. The molecule has 2 aromatic carbocycles. The van der Waals surface area contributed by atoms with Crippen molar-refractivity contribution in [1.82, 2.24) is 4.90 Å². The first kappa shape index (κ1) is 17.8. The molecule has 0 unspecified atom stereocenters. The number of carbonyl (C=O) groups excluding carboxylic acids is 1. The van der Waals surface area contributed by atoms with E-state index in [-0.39, 0.29) is 13.1 Å². The van der Waals surface area contributed by atoms with Crippen LogP contribution in [0.15, 0.2) is 42.5 Å². The van der Waals surface area contributed by atoms with Gasteiger partial charge < -0.3 is 14.7 Å². The van der Waals surface area contributed by atoms with E-state index in [4.69, 9.17) is 4.74 Å². The van der Waals surface area contributed by atoms with Crippen LogP contribution in [0.4, 0.5) is 8.78 Å². The number of hydrogen-bond acceptors (Lipinski definition) is 3. The molecule has 26 heavy (non-hydrogen) atoms. The van der Waals surface area contributed by atoms with Crippen molar-refractivity contribution in [2.24, 2.45) is 5.92 Å². The van der Waals surface area contributed by atoms with Gasteiger partial charge in [-0.2, -0.15) is 0 Å². The highest BCUT2D eigenvalue weighted by molar-refractivity contribution is 5.98. The molecule has 0 aromatic heterocycles. The molecule has 1 saturated heterocycles. The monoisotopic (exact) mass is 361 g/mol. The number of nitrogens with zero attached hydrogens (tertiary/aromatic N) is 1. The molecule has 2 aromatic rings. The molecule has 136 valence electrons. The number of carboxylic acids is 1. The van der Waals surface area contributed by atoms with Crippen LogP contribution < -0.4 is 4.74 Å². The third-order valence-corrected chi connectivity index (χ3v) is 4.63. The van der Waals surface area contributed by atoms with Gasteiger partial charge in [0.1, 0.15) is 11.4 Å². The number of carbonyl (C=O) groups is 2. The first-order valence-corrected chi connectivity index (χ1v) is 8.03. The molecule has 0 bridgehead atoms. The molecule has 1 N–H and O–H groups in total. The molecule has 0 saturated carbocycles. The molecule has 1 aliphatic heterocycles. The van der Waals surface area contributed by atoms with Crippen LogP contribution in [0.2, 0.25) is 0 Å². The quantitative estimate of drug-likeness (QED) is 0.909. The summed E-state index contributed by atoms with van der Waals surface area (Å²) in [5, 5.41) is 9.52. The topological polar surface area (TPSA) is 66.8 Å². The summed E-state index contributed by atoms with van der Waals surface area (Å²) in [6.45, 7) is 0.00571. The molecule has 3 rings (SSSR count). The molecule has 1 aliphatic rings.